The fourth-order valence-corrected chi connectivity index (χ4v) is 2.49. The first kappa shape index (κ1) is 14.8. The number of nitro groups is 1. The number of nitro benzene ring substituents is 1. The lowest BCUT2D eigenvalue weighted by molar-refractivity contribution is -0.384. The van der Waals surface area contributed by atoms with Crippen molar-refractivity contribution in [2.45, 2.75) is 27.3 Å². The maximum absolute atomic E-state index is 11.0. The van der Waals surface area contributed by atoms with E-state index in [1.165, 1.54) is 17.7 Å². The highest BCUT2D eigenvalue weighted by molar-refractivity contribution is 5.64. The Hall–Kier alpha value is -2.56. The lowest BCUT2D eigenvalue weighted by atomic mass is 10.00. The normalized spacial score (nSPS) is 10.4. The molecule has 5 heteroatoms. The number of benzene rings is 2. The van der Waals surface area contributed by atoms with E-state index in [4.69, 9.17) is 0 Å². The van der Waals surface area contributed by atoms with Gasteiger partial charge in [0.1, 0.15) is 11.4 Å². The molecule has 0 spiro atoms. The van der Waals surface area contributed by atoms with E-state index >= 15 is 0 Å². The van der Waals surface area contributed by atoms with Crippen molar-refractivity contribution in [3.63, 3.8) is 0 Å². The standard InChI is InChI=1S/C16H18N2O3/c1-10-6-11(2)14(12(3)7-10)9-17-15-5-4-13(19)8-16(15)18(20)21/h4-8,17,19H,9H2,1-3H3. The molecule has 2 aromatic rings. The molecule has 110 valence electrons. The zero-order chi connectivity index (χ0) is 15.6. The van der Waals surface area contributed by atoms with Gasteiger partial charge in [0.2, 0.25) is 0 Å². The largest absolute Gasteiger partial charge is 0.508 e. The van der Waals surface area contributed by atoms with E-state index in [9.17, 15) is 15.2 Å². The van der Waals surface area contributed by atoms with Gasteiger partial charge in [-0.05, 0) is 49.6 Å². The van der Waals surface area contributed by atoms with Crippen molar-refractivity contribution in [1.29, 1.82) is 0 Å². The van der Waals surface area contributed by atoms with Crippen LogP contribution in [0.1, 0.15) is 22.3 Å². The maximum Gasteiger partial charge on any atom is 0.296 e. The van der Waals surface area contributed by atoms with E-state index in [-0.39, 0.29) is 11.4 Å². The van der Waals surface area contributed by atoms with Crippen molar-refractivity contribution in [1.82, 2.24) is 0 Å². The van der Waals surface area contributed by atoms with Crippen LogP contribution < -0.4 is 5.32 Å². The molecule has 0 bridgehead atoms. The molecule has 0 saturated heterocycles. The van der Waals surface area contributed by atoms with Crippen LogP contribution in [0.3, 0.4) is 0 Å². The number of hydrogen-bond acceptors (Lipinski definition) is 4. The van der Waals surface area contributed by atoms with E-state index in [1.807, 2.05) is 20.8 Å². The smallest absolute Gasteiger partial charge is 0.296 e. The molecule has 2 N–H and O–H groups in total. The van der Waals surface area contributed by atoms with Crippen LogP contribution in [0.15, 0.2) is 30.3 Å². The van der Waals surface area contributed by atoms with Gasteiger partial charge < -0.3 is 10.4 Å². The Bertz CT molecular complexity index is 673. The van der Waals surface area contributed by atoms with Gasteiger partial charge in [0.05, 0.1) is 11.0 Å². The monoisotopic (exact) mass is 286 g/mol. The molecule has 0 atom stereocenters. The van der Waals surface area contributed by atoms with Crippen molar-refractivity contribution in [3.05, 3.63) is 62.7 Å². The van der Waals surface area contributed by atoms with Gasteiger partial charge in [-0.15, -0.1) is 0 Å². The van der Waals surface area contributed by atoms with Crippen molar-refractivity contribution < 1.29 is 10.0 Å². The third kappa shape index (κ3) is 3.31. The third-order valence-corrected chi connectivity index (χ3v) is 3.47. The first-order valence-corrected chi connectivity index (χ1v) is 6.66. The predicted molar refractivity (Wildman–Crippen MR) is 82.7 cm³/mol. The average Bonchev–Trinajstić information content (AvgIpc) is 2.38. The van der Waals surface area contributed by atoms with Gasteiger partial charge >= 0.3 is 0 Å². The zero-order valence-corrected chi connectivity index (χ0v) is 12.3. The number of aryl methyl sites for hydroxylation is 3. The highest BCUT2D eigenvalue weighted by Crippen LogP contribution is 2.29. The molecule has 2 aromatic carbocycles. The number of phenols is 1. The summed E-state index contributed by atoms with van der Waals surface area (Å²) >= 11 is 0. The molecule has 21 heavy (non-hydrogen) atoms. The highest BCUT2D eigenvalue weighted by atomic mass is 16.6. The predicted octanol–water partition coefficient (Wildman–Crippen LogP) is 3.84. The van der Waals surface area contributed by atoms with E-state index in [2.05, 4.69) is 17.4 Å². The Morgan fingerprint density at radius 1 is 1.14 bits per heavy atom. The zero-order valence-electron chi connectivity index (χ0n) is 12.3. The summed E-state index contributed by atoms with van der Waals surface area (Å²) < 4.78 is 0. The number of nitrogens with one attached hydrogen (secondary N) is 1. The lowest BCUT2D eigenvalue weighted by Gasteiger charge is -2.13. The Morgan fingerprint density at radius 2 is 1.76 bits per heavy atom. The third-order valence-electron chi connectivity index (χ3n) is 3.47. The van der Waals surface area contributed by atoms with Crippen molar-refractivity contribution >= 4 is 11.4 Å². The molecular weight excluding hydrogens is 268 g/mol. The van der Waals surface area contributed by atoms with Gasteiger partial charge in [-0.3, -0.25) is 10.1 Å². The minimum absolute atomic E-state index is 0.116. The van der Waals surface area contributed by atoms with Crippen molar-refractivity contribution in [2.75, 3.05) is 5.32 Å². The van der Waals surface area contributed by atoms with Gasteiger partial charge in [0.25, 0.3) is 5.69 Å². The molecular formula is C16H18N2O3. The minimum Gasteiger partial charge on any atom is -0.508 e. The number of anilines is 1. The number of hydrogen-bond donors (Lipinski definition) is 2. The molecule has 0 aliphatic heterocycles. The molecule has 0 fully saturated rings. The first-order chi connectivity index (χ1) is 9.88. The SMILES string of the molecule is Cc1cc(C)c(CNc2ccc(O)cc2[N+](=O)[O-])c(C)c1. The summed E-state index contributed by atoms with van der Waals surface area (Å²) in [5.74, 6) is -0.116. The fraction of sp³-hybridized carbons (Fsp3) is 0.250. The topological polar surface area (TPSA) is 75.4 Å². The Morgan fingerprint density at radius 3 is 2.33 bits per heavy atom. The number of nitrogens with zero attached hydrogens (tertiary/aromatic N) is 1. The maximum atomic E-state index is 11.0. The second-order valence-electron chi connectivity index (χ2n) is 5.19. The molecule has 2 rings (SSSR count). The average molecular weight is 286 g/mol. The fourth-order valence-electron chi connectivity index (χ4n) is 2.49. The first-order valence-electron chi connectivity index (χ1n) is 6.66. The number of aromatic hydroxyl groups is 1. The Balaban J connectivity index is 2.27. The second-order valence-corrected chi connectivity index (χ2v) is 5.19. The summed E-state index contributed by atoms with van der Waals surface area (Å²) in [5.41, 5.74) is 4.91. The summed E-state index contributed by atoms with van der Waals surface area (Å²) in [6.07, 6.45) is 0. The van der Waals surface area contributed by atoms with Crippen LogP contribution in [0.25, 0.3) is 0 Å². The summed E-state index contributed by atoms with van der Waals surface area (Å²) in [7, 11) is 0. The summed E-state index contributed by atoms with van der Waals surface area (Å²) in [4.78, 5) is 10.5. The van der Waals surface area contributed by atoms with E-state index < -0.39 is 4.92 Å². The minimum atomic E-state index is -0.503. The molecule has 0 heterocycles. The second kappa shape index (κ2) is 5.83. The van der Waals surface area contributed by atoms with Crippen LogP contribution in [0.4, 0.5) is 11.4 Å². The quantitative estimate of drug-likeness (QED) is 0.508. The van der Waals surface area contributed by atoms with Crippen LogP contribution >= 0.6 is 0 Å². The molecule has 0 radical (unpaired) electrons. The summed E-state index contributed by atoms with van der Waals surface area (Å²) in [5, 5.41) is 23.5. The van der Waals surface area contributed by atoms with Gasteiger partial charge in [-0.2, -0.15) is 0 Å². The van der Waals surface area contributed by atoms with Crippen LogP contribution in [0.2, 0.25) is 0 Å². The van der Waals surface area contributed by atoms with E-state index in [0.29, 0.717) is 12.2 Å². The molecule has 0 saturated carbocycles. The van der Waals surface area contributed by atoms with Crippen molar-refractivity contribution in [2.24, 2.45) is 0 Å². The molecule has 5 nitrogen and oxygen atoms in total. The Kier molecular flexibility index (Phi) is 4.12. The molecule has 0 aliphatic carbocycles. The van der Waals surface area contributed by atoms with E-state index in [0.717, 1.165) is 22.8 Å². The van der Waals surface area contributed by atoms with Gasteiger partial charge in [0.15, 0.2) is 0 Å². The van der Waals surface area contributed by atoms with Crippen molar-refractivity contribution in [3.8, 4) is 5.75 Å². The summed E-state index contributed by atoms with van der Waals surface area (Å²) in [6.45, 7) is 6.61. The van der Waals surface area contributed by atoms with Crippen LogP contribution in [0, 0.1) is 30.9 Å². The molecule has 0 amide bonds. The van der Waals surface area contributed by atoms with Gasteiger partial charge in [0, 0.05) is 6.54 Å². The van der Waals surface area contributed by atoms with Crippen LogP contribution in [-0.4, -0.2) is 10.0 Å². The molecule has 0 aromatic heterocycles. The van der Waals surface area contributed by atoms with Gasteiger partial charge in [-0.25, -0.2) is 0 Å². The lowest BCUT2D eigenvalue weighted by Crippen LogP contribution is -2.06. The van der Waals surface area contributed by atoms with Crippen LogP contribution in [0.5, 0.6) is 5.75 Å². The number of phenolic OH excluding ortho intramolecular Hbond substituents is 1. The molecule has 0 aliphatic rings. The number of rotatable bonds is 4. The van der Waals surface area contributed by atoms with Crippen LogP contribution in [-0.2, 0) is 6.54 Å². The Labute approximate surface area is 123 Å². The highest BCUT2D eigenvalue weighted by Gasteiger charge is 2.15. The molecule has 0 unspecified atom stereocenters. The van der Waals surface area contributed by atoms with Gasteiger partial charge in [-0.1, -0.05) is 17.7 Å². The van der Waals surface area contributed by atoms with E-state index in [1.54, 1.807) is 0 Å². The summed E-state index contributed by atoms with van der Waals surface area (Å²) in [6, 6.07) is 8.29.